The van der Waals surface area contributed by atoms with E-state index in [1.165, 1.54) is 0 Å². The average Bonchev–Trinajstić information content (AvgIpc) is 3.13. The molecule has 0 atom stereocenters. The van der Waals surface area contributed by atoms with E-state index in [1.807, 2.05) is 77.1 Å². The molecular formula is C26H26N2O3. The number of nitrogens with zero attached hydrogens (tertiary/aromatic N) is 1. The summed E-state index contributed by atoms with van der Waals surface area (Å²) in [5.74, 6) is 1.04. The molecule has 0 spiro atoms. The summed E-state index contributed by atoms with van der Waals surface area (Å²) in [5, 5.41) is 2.94. The van der Waals surface area contributed by atoms with Gasteiger partial charge in [0, 0.05) is 11.3 Å². The van der Waals surface area contributed by atoms with Gasteiger partial charge in [-0.25, -0.2) is 4.98 Å². The molecule has 4 aromatic rings. The van der Waals surface area contributed by atoms with E-state index < -0.39 is 0 Å². The highest BCUT2D eigenvalue weighted by molar-refractivity contribution is 5.94. The first-order valence-corrected chi connectivity index (χ1v) is 10.3. The lowest BCUT2D eigenvalue weighted by Crippen LogP contribution is -2.21. The minimum atomic E-state index is -0.218. The molecule has 0 radical (unpaired) electrons. The molecule has 0 aliphatic carbocycles. The van der Waals surface area contributed by atoms with Crippen molar-refractivity contribution in [3.8, 4) is 17.2 Å². The predicted octanol–water partition coefficient (Wildman–Crippen LogP) is 6.05. The Morgan fingerprint density at radius 3 is 2.52 bits per heavy atom. The number of hydrogen-bond donors (Lipinski definition) is 1. The van der Waals surface area contributed by atoms with Crippen LogP contribution in [0.15, 0.2) is 52.9 Å². The number of nitrogens with one attached hydrogen (secondary N) is 1. The summed E-state index contributed by atoms with van der Waals surface area (Å²) in [6, 6.07) is 15.7. The lowest BCUT2D eigenvalue weighted by atomic mass is 10.1. The summed E-state index contributed by atoms with van der Waals surface area (Å²) in [5.41, 5.74) is 8.44. The topological polar surface area (TPSA) is 64.4 Å². The van der Waals surface area contributed by atoms with Gasteiger partial charge in [-0.15, -0.1) is 0 Å². The van der Waals surface area contributed by atoms with Gasteiger partial charge in [0.2, 0.25) is 5.89 Å². The lowest BCUT2D eigenvalue weighted by Gasteiger charge is -2.12. The number of aromatic nitrogens is 1. The number of amides is 1. The molecule has 1 aromatic heterocycles. The molecule has 1 heterocycles. The van der Waals surface area contributed by atoms with Crippen LogP contribution in [0.4, 0.5) is 5.69 Å². The SMILES string of the molecule is Cc1ccc(OCC(=O)Nc2cccc(-c3nc4cc(C)cc(C)c4o3)c2C)c(C)c1. The van der Waals surface area contributed by atoms with E-state index in [0.717, 1.165) is 44.5 Å². The molecule has 4 rings (SSSR count). The standard InChI is InChI=1S/C26H26N2O3/c1-15-9-10-23(17(3)11-15)30-14-24(29)27-21-8-6-7-20(19(21)5)26-28-22-13-16(2)12-18(4)25(22)31-26/h6-13H,14H2,1-5H3,(H,27,29). The Balaban J connectivity index is 1.53. The van der Waals surface area contributed by atoms with Crippen molar-refractivity contribution in [3.05, 3.63) is 76.3 Å². The Labute approximate surface area is 182 Å². The van der Waals surface area contributed by atoms with Crippen LogP contribution >= 0.6 is 0 Å². The van der Waals surface area contributed by atoms with E-state index in [-0.39, 0.29) is 12.5 Å². The molecule has 0 unspecified atom stereocenters. The lowest BCUT2D eigenvalue weighted by molar-refractivity contribution is -0.118. The van der Waals surface area contributed by atoms with Crippen LogP contribution in [0.25, 0.3) is 22.6 Å². The summed E-state index contributed by atoms with van der Waals surface area (Å²) in [6.07, 6.45) is 0. The monoisotopic (exact) mass is 414 g/mol. The van der Waals surface area contributed by atoms with Crippen LogP contribution in [-0.2, 0) is 4.79 Å². The summed E-state index contributed by atoms with van der Waals surface area (Å²) in [7, 11) is 0. The quantitative estimate of drug-likeness (QED) is 0.431. The third-order valence-electron chi connectivity index (χ3n) is 5.35. The van der Waals surface area contributed by atoms with Gasteiger partial charge in [-0.3, -0.25) is 4.79 Å². The Morgan fingerprint density at radius 2 is 1.74 bits per heavy atom. The zero-order valence-electron chi connectivity index (χ0n) is 18.5. The number of rotatable bonds is 5. The highest BCUT2D eigenvalue weighted by Crippen LogP contribution is 2.32. The molecule has 0 saturated heterocycles. The molecule has 0 saturated carbocycles. The number of carbonyl (C=O) groups excluding carboxylic acids is 1. The Bertz CT molecular complexity index is 1290. The maximum atomic E-state index is 12.5. The van der Waals surface area contributed by atoms with Gasteiger partial charge in [0.15, 0.2) is 12.2 Å². The van der Waals surface area contributed by atoms with Crippen molar-refractivity contribution in [1.29, 1.82) is 0 Å². The minimum absolute atomic E-state index is 0.0606. The van der Waals surface area contributed by atoms with Gasteiger partial charge in [0.05, 0.1) is 0 Å². The zero-order valence-corrected chi connectivity index (χ0v) is 18.5. The number of aryl methyl sites for hydroxylation is 4. The van der Waals surface area contributed by atoms with Gasteiger partial charge >= 0.3 is 0 Å². The van der Waals surface area contributed by atoms with E-state index in [2.05, 4.69) is 16.4 Å². The van der Waals surface area contributed by atoms with E-state index in [9.17, 15) is 4.79 Å². The number of hydrogen-bond acceptors (Lipinski definition) is 4. The molecule has 0 bridgehead atoms. The van der Waals surface area contributed by atoms with Crippen molar-refractivity contribution in [2.45, 2.75) is 34.6 Å². The van der Waals surface area contributed by atoms with Crippen LogP contribution in [0.2, 0.25) is 0 Å². The molecule has 3 aromatic carbocycles. The molecule has 1 amide bonds. The van der Waals surface area contributed by atoms with Crippen LogP contribution < -0.4 is 10.1 Å². The number of anilines is 1. The van der Waals surface area contributed by atoms with Crippen LogP contribution in [0, 0.1) is 34.6 Å². The Morgan fingerprint density at radius 1 is 0.968 bits per heavy atom. The second kappa shape index (κ2) is 8.26. The minimum Gasteiger partial charge on any atom is -0.483 e. The third kappa shape index (κ3) is 4.31. The maximum Gasteiger partial charge on any atom is 0.262 e. The molecule has 1 N–H and O–H groups in total. The van der Waals surface area contributed by atoms with Crippen LogP contribution in [-0.4, -0.2) is 17.5 Å². The highest BCUT2D eigenvalue weighted by Gasteiger charge is 2.15. The van der Waals surface area contributed by atoms with Crippen molar-refractivity contribution in [1.82, 2.24) is 4.98 Å². The second-order valence-corrected chi connectivity index (χ2v) is 8.03. The van der Waals surface area contributed by atoms with Crippen molar-refractivity contribution in [2.75, 3.05) is 11.9 Å². The summed E-state index contributed by atoms with van der Waals surface area (Å²) < 4.78 is 11.8. The number of benzene rings is 3. The first kappa shape index (κ1) is 20.7. The fraction of sp³-hybridized carbons (Fsp3) is 0.231. The maximum absolute atomic E-state index is 12.5. The van der Waals surface area contributed by atoms with E-state index in [0.29, 0.717) is 17.3 Å². The molecule has 0 fully saturated rings. The first-order chi connectivity index (χ1) is 14.8. The molecule has 0 aliphatic heterocycles. The number of carbonyl (C=O) groups is 1. The zero-order chi connectivity index (χ0) is 22.1. The van der Waals surface area contributed by atoms with Gasteiger partial charge in [0.1, 0.15) is 11.3 Å². The molecule has 5 heteroatoms. The molecule has 158 valence electrons. The Hall–Kier alpha value is -3.60. The highest BCUT2D eigenvalue weighted by atomic mass is 16.5. The normalized spacial score (nSPS) is 11.0. The number of fused-ring (bicyclic) bond motifs is 1. The van der Waals surface area contributed by atoms with Gasteiger partial charge in [-0.05, 0) is 81.1 Å². The fourth-order valence-electron chi connectivity index (χ4n) is 3.79. The second-order valence-electron chi connectivity index (χ2n) is 8.03. The van der Waals surface area contributed by atoms with Crippen molar-refractivity contribution in [3.63, 3.8) is 0 Å². The summed E-state index contributed by atoms with van der Waals surface area (Å²) >= 11 is 0. The number of oxazole rings is 1. The summed E-state index contributed by atoms with van der Waals surface area (Å²) in [6.45, 7) is 9.94. The smallest absolute Gasteiger partial charge is 0.262 e. The third-order valence-corrected chi connectivity index (χ3v) is 5.35. The average molecular weight is 415 g/mol. The van der Waals surface area contributed by atoms with Crippen molar-refractivity contribution < 1.29 is 13.9 Å². The van der Waals surface area contributed by atoms with Gasteiger partial charge in [-0.2, -0.15) is 0 Å². The number of ether oxygens (including phenoxy) is 1. The van der Waals surface area contributed by atoms with Crippen LogP contribution in [0.3, 0.4) is 0 Å². The van der Waals surface area contributed by atoms with Gasteiger partial charge in [-0.1, -0.05) is 29.8 Å². The molecule has 5 nitrogen and oxygen atoms in total. The van der Waals surface area contributed by atoms with Gasteiger partial charge in [0.25, 0.3) is 5.91 Å². The molecule has 0 aliphatic rings. The van der Waals surface area contributed by atoms with E-state index in [1.54, 1.807) is 0 Å². The first-order valence-electron chi connectivity index (χ1n) is 10.3. The van der Waals surface area contributed by atoms with Crippen molar-refractivity contribution >= 4 is 22.7 Å². The van der Waals surface area contributed by atoms with Gasteiger partial charge < -0.3 is 14.5 Å². The van der Waals surface area contributed by atoms with E-state index in [4.69, 9.17) is 9.15 Å². The van der Waals surface area contributed by atoms with Crippen molar-refractivity contribution in [2.24, 2.45) is 0 Å². The van der Waals surface area contributed by atoms with Crippen LogP contribution in [0.1, 0.15) is 27.8 Å². The molecule has 31 heavy (non-hydrogen) atoms. The van der Waals surface area contributed by atoms with Crippen LogP contribution in [0.5, 0.6) is 5.75 Å². The van der Waals surface area contributed by atoms with E-state index >= 15 is 0 Å². The predicted molar refractivity (Wildman–Crippen MR) is 124 cm³/mol. The summed E-state index contributed by atoms with van der Waals surface area (Å²) in [4.78, 5) is 17.2. The molecular weight excluding hydrogens is 388 g/mol. The Kier molecular flexibility index (Phi) is 5.51. The largest absolute Gasteiger partial charge is 0.483 e. The fourth-order valence-corrected chi connectivity index (χ4v) is 3.79.